The number of nitriles is 2. The van der Waals surface area contributed by atoms with Crippen LogP contribution in [-0.2, 0) is 28.7 Å². The zero-order valence-corrected chi connectivity index (χ0v) is 29.8. The highest BCUT2D eigenvalue weighted by Gasteiger charge is 2.16. The van der Waals surface area contributed by atoms with Crippen LogP contribution in [-0.4, -0.2) is 37.0 Å². The Bertz CT molecular complexity index is 1430. The fourth-order valence-electron chi connectivity index (χ4n) is 4.95. The zero-order chi connectivity index (χ0) is 36.7. The number of esters is 2. The molecule has 2 rings (SSSR count). The van der Waals surface area contributed by atoms with Gasteiger partial charge in [-0.2, -0.15) is 10.5 Å². The fraction of sp³-hybridized carbons (Fsp3) is 0.450. The van der Waals surface area contributed by atoms with Crippen molar-refractivity contribution in [2.75, 3.05) is 23.8 Å². The van der Waals surface area contributed by atoms with E-state index in [-0.39, 0.29) is 60.9 Å². The third kappa shape index (κ3) is 15.3. The Morgan fingerprint density at radius 3 is 1.30 bits per heavy atom. The van der Waals surface area contributed by atoms with Crippen LogP contribution >= 0.6 is 0 Å². The molecule has 50 heavy (non-hydrogen) atoms. The highest BCUT2D eigenvalue weighted by atomic mass is 16.5. The van der Waals surface area contributed by atoms with Crippen LogP contribution in [0.4, 0.5) is 11.4 Å². The van der Waals surface area contributed by atoms with Crippen molar-refractivity contribution in [1.29, 1.82) is 10.5 Å². The topological polar surface area (TPSA) is 158 Å². The zero-order valence-electron chi connectivity index (χ0n) is 29.8. The van der Waals surface area contributed by atoms with Gasteiger partial charge in [-0.3, -0.25) is 9.59 Å². The van der Waals surface area contributed by atoms with Gasteiger partial charge < -0.3 is 20.1 Å². The van der Waals surface area contributed by atoms with Gasteiger partial charge in [-0.15, -0.1) is 0 Å². The molecule has 0 bridgehead atoms. The van der Waals surface area contributed by atoms with Crippen LogP contribution in [0.25, 0.3) is 12.2 Å². The van der Waals surface area contributed by atoms with Gasteiger partial charge in [0.25, 0.3) is 0 Å². The van der Waals surface area contributed by atoms with Crippen molar-refractivity contribution in [2.45, 2.75) is 91.9 Å². The van der Waals surface area contributed by atoms with Gasteiger partial charge in [0.15, 0.2) is 0 Å². The molecule has 266 valence electrons. The number of carbonyl (C=O) groups excluding carboxylic acids is 4. The van der Waals surface area contributed by atoms with E-state index in [0.29, 0.717) is 22.5 Å². The SMILES string of the molecule is CCCCC(CC)COC(=O)/C(C#N)=C/c1ccc(NC(=O)CCC(=O)Nc2ccc(/C=C(\C#N)C(=O)OCC(CC)CCCC)cc2)cc1. The van der Waals surface area contributed by atoms with E-state index in [1.165, 1.54) is 12.2 Å². The molecule has 0 heterocycles. The van der Waals surface area contributed by atoms with Gasteiger partial charge in [0.1, 0.15) is 23.3 Å². The smallest absolute Gasteiger partial charge is 0.348 e. The molecule has 2 amide bonds. The Morgan fingerprint density at radius 2 is 1.00 bits per heavy atom. The lowest BCUT2D eigenvalue weighted by Gasteiger charge is -2.14. The van der Waals surface area contributed by atoms with E-state index in [1.54, 1.807) is 48.5 Å². The summed E-state index contributed by atoms with van der Waals surface area (Å²) in [4.78, 5) is 49.9. The predicted molar refractivity (Wildman–Crippen MR) is 195 cm³/mol. The number of nitrogens with zero attached hydrogens (tertiary/aromatic N) is 2. The Balaban J connectivity index is 1.84. The summed E-state index contributed by atoms with van der Waals surface area (Å²) in [6.07, 6.45) is 10.8. The third-order valence-electron chi connectivity index (χ3n) is 8.26. The van der Waals surface area contributed by atoms with Crippen molar-refractivity contribution in [3.05, 3.63) is 70.8 Å². The van der Waals surface area contributed by atoms with E-state index in [2.05, 4.69) is 38.3 Å². The van der Waals surface area contributed by atoms with Gasteiger partial charge in [-0.25, -0.2) is 9.59 Å². The molecule has 2 unspecified atom stereocenters. The van der Waals surface area contributed by atoms with Gasteiger partial charge in [0.2, 0.25) is 11.8 Å². The maximum Gasteiger partial charge on any atom is 0.348 e. The molecular weight excluding hydrogens is 632 g/mol. The maximum absolute atomic E-state index is 12.5. The first kappa shape index (κ1) is 41.0. The van der Waals surface area contributed by atoms with E-state index in [4.69, 9.17) is 9.47 Å². The molecule has 2 atom stereocenters. The predicted octanol–water partition coefficient (Wildman–Crippen LogP) is 8.38. The first-order valence-corrected chi connectivity index (χ1v) is 17.5. The van der Waals surface area contributed by atoms with Crippen molar-refractivity contribution in [3.63, 3.8) is 0 Å². The van der Waals surface area contributed by atoms with Crippen LogP contribution in [0.1, 0.15) is 103 Å². The number of rotatable bonds is 21. The summed E-state index contributed by atoms with van der Waals surface area (Å²) in [5, 5.41) is 24.4. The highest BCUT2D eigenvalue weighted by molar-refractivity contribution is 5.99. The van der Waals surface area contributed by atoms with Gasteiger partial charge in [-0.1, -0.05) is 90.5 Å². The van der Waals surface area contributed by atoms with Crippen molar-refractivity contribution < 1.29 is 28.7 Å². The number of hydrogen-bond acceptors (Lipinski definition) is 8. The maximum atomic E-state index is 12.5. The Morgan fingerprint density at radius 1 is 0.640 bits per heavy atom. The number of amides is 2. The summed E-state index contributed by atoms with van der Waals surface area (Å²) in [6.45, 7) is 8.90. The van der Waals surface area contributed by atoms with E-state index in [9.17, 15) is 29.7 Å². The third-order valence-corrected chi connectivity index (χ3v) is 8.26. The summed E-state index contributed by atoms with van der Waals surface area (Å²) in [5.41, 5.74) is 2.00. The number of anilines is 2. The largest absolute Gasteiger partial charge is 0.461 e. The van der Waals surface area contributed by atoms with Gasteiger partial charge >= 0.3 is 11.9 Å². The number of benzene rings is 2. The van der Waals surface area contributed by atoms with Crippen LogP contribution in [0.5, 0.6) is 0 Å². The average Bonchev–Trinajstić information content (AvgIpc) is 3.13. The molecular formula is C40H50N4O6. The van der Waals surface area contributed by atoms with E-state index < -0.39 is 11.9 Å². The minimum atomic E-state index is -0.658. The second-order valence-corrected chi connectivity index (χ2v) is 12.2. The van der Waals surface area contributed by atoms with Crippen molar-refractivity contribution in [1.82, 2.24) is 0 Å². The number of carbonyl (C=O) groups is 4. The summed E-state index contributed by atoms with van der Waals surface area (Å²) in [5.74, 6) is -1.49. The van der Waals surface area contributed by atoms with Crippen molar-refractivity contribution >= 4 is 47.3 Å². The molecule has 2 N–H and O–H groups in total. The summed E-state index contributed by atoms with van der Waals surface area (Å²) in [6, 6.07) is 17.1. The molecule has 10 nitrogen and oxygen atoms in total. The normalized spacial score (nSPS) is 12.5. The van der Waals surface area contributed by atoms with Crippen LogP contribution in [0.2, 0.25) is 0 Å². The minimum Gasteiger partial charge on any atom is -0.461 e. The van der Waals surface area contributed by atoms with Crippen LogP contribution in [0.15, 0.2) is 59.7 Å². The van der Waals surface area contributed by atoms with Crippen LogP contribution in [0, 0.1) is 34.5 Å². The average molecular weight is 683 g/mol. The molecule has 0 saturated heterocycles. The molecule has 10 heteroatoms. The van der Waals surface area contributed by atoms with Crippen LogP contribution in [0.3, 0.4) is 0 Å². The lowest BCUT2D eigenvalue weighted by Crippen LogP contribution is -2.17. The quantitative estimate of drug-likeness (QED) is 0.0755. The molecule has 0 radical (unpaired) electrons. The number of ether oxygens (including phenoxy) is 2. The van der Waals surface area contributed by atoms with Crippen LogP contribution < -0.4 is 10.6 Å². The van der Waals surface area contributed by atoms with Gasteiger partial charge in [-0.05, 0) is 72.2 Å². The second-order valence-electron chi connectivity index (χ2n) is 12.2. The molecule has 0 aliphatic rings. The Hall–Kier alpha value is -5.22. The molecule has 0 aliphatic heterocycles. The molecule has 0 spiro atoms. The summed E-state index contributed by atoms with van der Waals surface area (Å²) < 4.78 is 10.8. The molecule has 2 aromatic rings. The standard InChI is InChI=1S/C40H50N4O6/c1-5-9-11-29(7-3)27-49-39(47)33(25-41)23-31-13-17-35(18-14-31)43-37(45)21-22-38(46)44-36-19-15-32(16-20-36)24-34(26-42)40(48)50-28-30(8-4)12-10-6-2/h13-20,23-24,29-30H,5-12,21-22,27-28H2,1-4H3,(H,43,45)(H,44,46)/b33-23+,34-24+. The number of unbranched alkanes of at least 4 members (excludes halogenated alkanes) is 2. The number of hydrogen-bond donors (Lipinski definition) is 2. The van der Waals surface area contributed by atoms with Gasteiger partial charge in [0.05, 0.1) is 13.2 Å². The fourth-order valence-corrected chi connectivity index (χ4v) is 4.95. The highest BCUT2D eigenvalue weighted by Crippen LogP contribution is 2.18. The van der Waals surface area contributed by atoms with E-state index >= 15 is 0 Å². The monoisotopic (exact) mass is 682 g/mol. The summed E-state index contributed by atoms with van der Waals surface area (Å²) >= 11 is 0. The van der Waals surface area contributed by atoms with E-state index in [0.717, 1.165) is 51.4 Å². The van der Waals surface area contributed by atoms with E-state index in [1.807, 2.05) is 12.1 Å². The lowest BCUT2D eigenvalue weighted by molar-refractivity contribution is -0.140. The molecule has 2 aromatic carbocycles. The first-order chi connectivity index (χ1) is 24.1. The minimum absolute atomic E-state index is 0.0548. The molecule has 0 aromatic heterocycles. The first-order valence-electron chi connectivity index (χ1n) is 17.5. The number of nitrogens with one attached hydrogen (secondary N) is 2. The van der Waals surface area contributed by atoms with Gasteiger partial charge in [0, 0.05) is 24.2 Å². The molecule has 0 saturated carbocycles. The van der Waals surface area contributed by atoms with Crippen molar-refractivity contribution in [3.8, 4) is 12.1 Å². The second kappa shape index (κ2) is 23.2. The Kier molecular flexibility index (Phi) is 19.0. The Labute approximate surface area is 296 Å². The van der Waals surface area contributed by atoms with Crippen molar-refractivity contribution in [2.24, 2.45) is 11.8 Å². The molecule has 0 fully saturated rings. The lowest BCUT2D eigenvalue weighted by atomic mass is 10.0. The molecule has 0 aliphatic carbocycles. The summed E-state index contributed by atoms with van der Waals surface area (Å²) in [7, 11) is 0.